The average Bonchev–Trinajstić information content (AvgIpc) is 3.04. The third kappa shape index (κ3) is 4.01. The summed E-state index contributed by atoms with van der Waals surface area (Å²) in [4.78, 5) is 12.3. The van der Waals surface area contributed by atoms with Crippen LogP contribution in [0.2, 0.25) is 0 Å². The highest BCUT2D eigenvalue weighted by atomic mass is 16.5. The molecule has 1 aromatic carbocycles. The van der Waals surface area contributed by atoms with Crippen LogP contribution in [-0.4, -0.2) is 43.5 Å². The van der Waals surface area contributed by atoms with Crippen LogP contribution in [0.4, 0.5) is 0 Å². The predicted molar refractivity (Wildman–Crippen MR) is 85.6 cm³/mol. The highest BCUT2D eigenvalue weighted by Crippen LogP contribution is 2.19. The largest absolute Gasteiger partial charge is 0.486 e. The molecule has 1 aromatic rings. The summed E-state index contributed by atoms with van der Waals surface area (Å²) in [6.45, 7) is 0.981. The zero-order valence-corrected chi connectivity index (χ0v) is 13.2. The van der Waals surface area contributed by atoms with E-state index in [1.54, 1.807) is 24.3 Å². The maximum Gasteiger partial charge on any atom is 0.238 e. The van der Waals surface area contributed by atoms with Crippen molar-refractivity contribution in [2.75, 3.05) is 13.2 Å². The van der Waals surface area contributed by atoms with Gasteiger partial charge in [0.15, 0.2) is 0 Å². The highest BCUT2D eigenvalue weighted by Gasteiger charge is 2.33. The number of carbonyl (C=O) groups is 1. The number of nitriles is 1. The molecule has 3 rings (SSSR count). The second-order valence-corrected chi connectivity index (χ2v) is 5.95. The van der Waals surface area contributed by atoms with E-state index in [0.717, 1.165) is 0 Å². The molecule has 2 aliphatic heterocycles. The Kier molecular flexibility index (Phi) is 5.27. The van der Waals surface area contributed by atoms with Crippen LogP contribution in [0.5, 0.6) is 5.75 Å². The highest BCUT2D eigenvalue weighted by molar-refractivity contribution is 5.82. The molecule has 0 spiro atoms. The van der Waals surface area contributed by atoms with Crippen LogP contribution in [0.15, 0.2) is 24.3 Å². The van der Waals surface area contributed by atoms with Crippen molar-refractivity contribution in [3.8, 4) is 11.8 Å². The van der Waals surface area contributed by atoms with Crippen molar-refractivity contribution in [3.05, 3.63) is 29.8 Å². The molecule has 8 heteroatoms. The lowest BCUT2D eigenvalue weighted by molar-refractivity contribution is -0.125. The molecular formula is C16H21N5O3. The van der Waals surface area contributed by atoms with Gasteiger partial charge in [-0.05, 0) is 30.7 Å². The lowest BCUT2D eigenvalue weighted by atomic mass is 10.0. The van der Waals surface area contributed by atoms with E-state index in [0.29, 0.717) is 37.4 Å². The number of benzene rings is 1. The minimum Gasteiger partial charge on any atom is -0.486 e. The Morgan fingerprint density at radius 1 is 1.38 bits per heavy atom. The van der Waals surface area contributed by atoms with Crippen LogP contribution >= 0.6 is 0 Å². The fourth-order valence-corrected chi connectivity index (χ4v) is 2.81. The van der Waals surface area contributed by atoms with Crippen molar-refractivity contribution in [1.82, 2.24) is 16.2 Å². The number of nitrogens with one attached hydrogen (secondary N) is 3. The van der Waals surface area contributed by atoms with Gasteiger partial charge in [-0.2, -0.15) is 5.26 Å². The van der Waals surface area contributed by atoms with Crippen molar-refractivity contribution < 1.29 is 14.3 Å². The summed E-state index contributed by atoms with van der Waals surface area (Å²) in [5.41, 5.74) is 12.0. The van der Waals surface area contributed by atoms with Crippen LogP contribution in [-0.2, 0) is 9.53 Å². The van der Waals surface area contributed by atoms with E-state index in [1.807, 2.05) is 0 Å². The lowest BCUT2D eigenvalue weighted by Gasteiger charge is -2.33. The first-order chi connectivity index (χ1) is 11.7. The standard InChI is InChI=1S/C16H21N5O3/c17-8-10-1-3-11(4-2-10)24-14-9-23-6-5-12(14)19-16(22)13-7-15(18)21-20-13/h1-4,12-15,20-21H,5-7,9,18H2,(H,19,22)/t12-,13?,14-,15?/m1/s1. The molecule has 2 heterocycles. The van der Waals surface area contributed by atoms with Gasteiger partial charge in [0.05, 0.1) is 30.4 Å². The molecular weight excluding hydrogens is 310 g/mol. The Hall–Kier alpha value is -2.18. The lowest BCUT2D eigenvalue weighted by Crippen LogP contribution is -2.55. The fraction of sp³-hybridized carbons (Fsp3) is 0.500. The van der Waals surface area contributed by atoms with Gasteiger partial charge in [0.2, 0.25) is 5.91 Å². The van der Waals surface area contributed by atoms with Gasteiger partial charge in [0.25, 0.3) is 0 Å². The fourth-order valence-electron chi connectivity index (χ4n) is 2.81. The van der Waals surface area contributed by atoms with Gasteiger partial charge in [-0.25, -0.2) is 10.9 Å². The molecule has 1 amide bonds. The number of hydrogen-bond acceptors (Lipinski definition) is 7. The summed E-state index contributed by atoms with van der Waals surface area (Å²) >= 11 is 0. The molecule has 0 radical (unpaired) electrons. The first-order valence-corrected chi connectivity index (χ1v) is 7.97. The normalized spacial score (nSPS) is 29.7. The van der Waals surface area contributed by atoms with Crippen LogP contribution in [0, 0.1) is 11.3 Å². The number of rotatable bonds is 4. The van der Waals surface area contributed by atoms with Gasteiger partial charge in [-0.15, -0.1) is 0 Å². The van der Waals surface area contributed by atoms with Crippen molar-refractivity contribution in [2.24, 2.45) is 5.73 Å². The Balaban J connectivity index is 1.60. The second-order valence-electron chi connectivity index (χ2n) is 5.95. The third-order valence-corrected chi connectivity index (χ3v) is 4.15. The summed E-state index contributed by atoms with van der Waals surface area (Å²) in [6.07, 6.45) is 0.717. The van der Waals surface area contributed by atoms with E-state index in [4.69, 9.17) is 20.5 Å². The molecule has 2 aliphatic rings. The summed E-state index contributed by atoms with van der Waals surface area (Å²) in [5, 5.41) is 11.9. The van der Waals surface area contributed by atoms with Crippen LogP contribution in [0.1, 0.15) is 18.4 Å². The van der Waals surface area contributed by atoms with E-state index in [1.165, 1.54) is 0 Å². The number of nitrogens with zero attached hydrogens (tertiary/aromatic N) is 1. The molecule has 24 heavy (non-hydrogen) atoms. The molecule has 0 aliphatic carbocycles. The second kappa shape index (κ2) is 7.59. The van der Waals surface area contributed by atoms with Gasteiger partial charge in [-0.1, -0.05) is 0 Å². The van der Waals surface area contributed by atoms with E-state index in [-0.39, 0.29) is 30.3 Å². The Labute approximate surface area is 140 Å². The molecule has 8 nitrogen and oxygen atoms in total. The number of carbonyl (C=O) groups excluding carboxylic acids is 1. The molecule has 4 atom stereocenters. The first-order valence-electron chi connectivity index (χ1n) is 7.97. The maximum atomic E-state index is 12.3. The third-order valence-electron chi connectivity index (χ3n) is 4.15. The van der Waals surface area contributed by atoms with Gasteiger partial charge in [0.1, 0.15) is 17.9 Å². The van der Waals surface area contributed by atoms with Gasteiger partial charge >= 0.3 is 0 Å². The van der Waals surface area contributed by atoms with Crippen molar-refractivity contribution in [3.63, 3.8) is 0 Å². The van der Waals surface area contributed by atoms with Gasteiger partial charge < -0.3 is 20.5 Å². The smallest absolute Gasteiger partial charge is 0.238 e. The summed E-state index contributed by atoms with van der Waals surface area (Å²) in [5.74, 6) is 0.544. The minimum atomic E-state index is -0.349. The SMILES string of the molecule is N#Cc1ccc(O[C@@H]2COCC[C@H]2NC(=O)C2CC(N)NN2)cc1. The van der Waals surface area contributed by atoms with Gasteiger partial charge in [-0.3, -0.25) is 4.79 Å². The van der Waals surface area contributed by atoms with Crippen LogP contribution in [0.25, 0.3) is 0 Å². The minimum absolute atomic E-state index is 0.101. The number of hydrazine groups is 1. The molecule has 0 bridgehead atoms. The molecule has 2 saturated heterocycles. The zero-order chi connectivity index (χ0) is 16.9. The number of ether oxygens (including phenoxy) is 2. The number of amides is 1. The van der Waals surface area contributed by atoms with Crippen molar-refractivity contribution in [2.45, 2.75) is 37.2 Å². The van der Waals surface area contributed by atoms with Gasteiger partial charge in [0, 0.05) is 13.0 Å². The molecule has 2 unspecified atom stereocenters. The van der Waals surface area contributed by atoms with Crippen LogP contribution in [0.3, 0.4) is 0 Å². The summed E-state index contributed by atoms with van der Waals surface area (Å²) in [6, 6.07) is 8.46. The van der Waals surface area contributed by atoms with Crippen LogP contribution < -0.4 is 26.6 Å². The average molecular weight is 331 g/mol. The monoisotopic (exact) mass is 331 g/mol. The number of hydrogen-bond donors (Lipinski definition) is 4. The summed E-state index contributed by atoms with van der Waals surface area (Å²) in [7, 11) is 0. The topological polar surface area (TPSA) is 121 Å². The Morgan fingerprint density at radius 3 is 2.83 bits per heavy atom. The maximum absolute atomic E-state index is 12.3. The van der Waals surface area contributed by atoms with Crippen molar-refractivity contribution in [1.29, 1.82) is 5.26 Å². The summed E-state index contributed by atoms with van der Waals surface area (Å²) < 4.78 is 11.4. The quantitative estimate of drug-likeness (QED) is 0.579. The van der Waals surface area contributed by atoms with Crippen molar-refractivity contribution >= 4 is 5.91 Å². The Morgan fingerprint density at radius 2 is 2.17 bits per heavy atom. The van der Waals surface area contributed by atoms with E-state index < -0.39 is 0 Å². The van der Waals surface area contributed by atoms with E-state index in [2.05, 4.69) is 22.2 Å². The molecule has 0 aromatic heterocycles. The predicted octanol–water partition coefficient (Wildman–Crippen LogP) is -0.638. The molecule has 2 fully saturated rings. The Bertz CT molecular complexity index is 615. The van der Waals surface area contributed by atoms with E-state index in [9.17, 15) is 4.79 Å². The van der Waals surface area contributed by atoms with E-state index >= 15 is 0 Å². The zero-order valence-electron chi connectivity index (χ0n) is 13.2. The first kappa shape index (κ1) is 16.7. The molecule has 128 valence electrons. The number of nitrogens with two attached hydrogens (primary N) is 1. The molecule has 0 saturated carbocycles. The molecule has 5 N–H and O–H groups in total.